The van der Waals surface area contributed by atoms with Crippen LogP contribution in [0.25, 0.3) is 0 Å². The zero-order valence-electron chi connectivity index (χ0n) is 12.7. The molecular formula is C16H29N3O. The van der Waals surface area contributed by atoms with Crippen molar-refractivity contribution in [3.05, 3.63) is 0 Å². The summed E-state index contributed by atoms with van der Waals surface area (Å²) >= 11 is 0. The first kappa shape index (κ1) is 14.3. The van der Waals surface area contributed by atoms with E-state index < -0.39 is 0 Å². The molecule has 3 saturated heterocycles. The second-order valence-electron chi connectivity index (χ2n) is 6.94. The first-order valence-corrected chi connectivity index (χ1v) is 8.53. The van der Waals surface area contributed by atoms with E-state index in [1.165, 1.54) is 38.5 Å². The third-order valence-corrected chi connectivity index (χ3v) is 5.39. The fourth-order valence-electron chi connectivity index (χ4n) is 4.15. The number of likely N-dealkylation sites (tertiary alicyclic amines) is 1. The topological polar surface area (TPSA) is 44.4 Å². The molecule has 4 nitrogen and oxygen atoms in total. The van der Waals surface area contributed by atoms with Crippen LogP contribution in [-0.4, -0.2) is 48.1 Å². The lowest BCUT2D eigenvalue weighted by atomic mass is 9.99. The third kappa shape index (κ3) is 3.34. The number of carbonyl (C=O) groups is 1. The first-order chi connectivity index (χ1) is 9.72. The minimum Gasteiger partial charge on any atom is -0.352 e. The van der Waals surface area contributed by atoms with Gasteiger partial charge in [-0.2, -0.15) is 0 Å². The van der Waals surface area contributed by atoms with E-state index in [-0.39, 0.29) is 11.9 Å². The molecule has 0 aromatic carbocycles. The van der Waals surface area contributed by atoms with Gasteiger partial charge in [-0.15, -0.1) is 0 Å². The number of hydrogen-bond donors (Lipinski definition) is 2. The van der Waals surface area contributed by atoms with Gasteiger partial charge in [0.25, 0.3) is 0 Å². The third-order valence-electron chi connectivity index (χ3n) is 5.39. The van der Waals surface area contributed by atoms with Gasteiger partial charge >= 0.3 is 0 Å². The number of hydrogen-bond acceptors (Lipinski definition) is 3. The lowest BCUT2D eigenvalue weighted by Gasteiger charge is -2.32. The minimum absolute atomic E-state index is 0.0423. The molecule has 0 radical (unpaired) electrons. The van der Waals surface area contributed by atoms with E-state index in [2.05, 4.69) is 22.5 Å². The van der Waals surface area contributed by atoms with Crippen molar-refractivity contribution in [1.82, 2.24) is 15.5 Å². The van der Waals surface area contributed by atoms with Gasteiger partial charge in [0.1, 0.15) is 0 Å². The van der Waals surface area contributed by atoms with Crippen LogP contribution in [0.3, 0.4) is 0 Å². The summed E-state index contributed by atoms with van der Waals surface area (Å²) in [5.74, 6) is 0.248. The fraction of sp³-hybridized carbons (Fsp3) is 0.938. The maximum absolute atomic E-state index is 12.5. The van der Waals surface area contributed by atoms with Crippen LogP contribution in [0, 0.1) is 0 Å². The van der Waals surface area contributed by atoms with Crippen molar-refractivity contribution in [1.29, 1.82) is 0 Å². The predicted molar refractivity (Wildman–Crippen MR) is 80.6 cm³/mol. The second-order valence-corrected chi connectivity index (χ2v) is 6.94. The Labute approximate surface area is 122 Å². The summed E-state index contributed by atoms with van der Waals surface area (Å²) in [5, 5.41) is 6.95. The van der Waals surface area contributed by atoms with Crippen molar-refractivity contribution in [2.45, 2.75) is 82.5 Å². The van der Waals surface area contributed by atoms with E-state index in [1.807, 2.05) is 0 Å². The predicted octanol–water partition coefficient (Wildman–Crippen LogP) is 1.65. The lowest BCUT2D eigenvalue weighted by Crippen LogP contribution is -2.53. The molecule has 4 heteroatoms. The molecule has 1 amide bonds. The van der Waals surface area contributed by atoms with Gasteiger partial charge in [0.15, 0.2) is 0 Å². The van der Waals surface area contributed by atoms with Crippen LogP contribution in [0.4, 0.5) is 0 Å². The maximum atomic E-state index is 12.5. The Morgan fingerprint density at radius 1 is 1.10 bits per heavy atom. The van der Waals surface area contributed by atoms with Crippen LogP contribution in [-0.2, 0) is 4.79 Å². The van der Waals surface area contributed by atoms with Crippen molar-refractivity contribution < 1.29 is 4.79 Å². The van der Waals surface area contributed by atoms with E-state index >= 15 is 0 Å². The monoisotopic (exact) mass is 279 g/mol. The Morgan fingerprint density at radius 3 is 2.30 bits per heavy atom. The molecule has 0 aliphatic carbocycles. The van der Waals surface area contributed by atoms with E-state index in [0.29, 0.717) is 18.1 Å². The standard InChI is InChI=1S/C16H29N3O/c1-12(19-8-4-2-3-5-9-19)16(20)18-15-10-13-6-7-14(11-15)17-13/h12-15,17H,2-11H2,1H3,(H,18,20). The largest absolute Gasteiger partial charge is 0.352 e. The number of fused-ring (bicyclic) bond motifs is 2. The van der Waals surface area contributed by atoms with Gasteiger partial charge in [-0.05, 0) is 58.5 Å². The number of carbonyl (C=O) groups excluding carboxylic acids is 1. The zero-order valence-corrected chi connectivity index (χ0v) is 12.7. The van der Waals surface area contributed by atoms with E-state index in [0.717, 1.165) is 25.9 Å². The molecule has 3 unspecified atom stereocenters. The van der Waals surface area contributed by atoms with Crippen LogP contribution in [0.1, 0.15) is 58.3 Å². The molecule has 2 bridgehead atoms. The highest BCUT2D eigenvalue weighted by Gasteiger charge is 2.35. The summed E-state index contributed by atoms with van der Waals surface area (Å²) in [6.07, 6.45) is 9.95. The number of rotatable bonds is 3. The maximum Gasteiger partial charge on any atom is 0.237 e. The summed E-state index contributed by atoms with van der Waals surface area (Å²) in [6, 6.07) is 1.73. The average Bonchev–Trinajstić information content (AvgIpc) is 2.68. The van der Waals surface area contributed by atoms with Crippen molar-refractivity contribution >= 4 is 5.91 Å². The quantitative estimate of drug-likeness (QED) is 0.825. The number of piperidine rings is 1. The first-order valence-electron chi connectivity index (χ1n) is 8.53. The van der Waals surface area contributed by atoms with Gasteiger partial charge in [0.2, 0.25) is 5.91 Å². The van der Waals surface area contributed by atoms with Crippen molar-refractivity contribution in [3.63, 3.8) is 0 Å². The molecule has 0 saturated carbocycles. The molecule has 3 aliphatic heterocycles. The average molecular weight is 279 g/mol. The Kier molecular flexibility index (Phi) is 4.61. The molecule has 0 spiro atoms. The van der Waals surface area contributed by atoms with E-state index in [9.17, 15) is 4.79 Å². The summed E-state index contributed by atoms with van der Waals surface area (Å²) in [6.45, 7) is 4.26. The summed E-state index contributed by atoms with van der Waals surface area (Å²) < 4.78 is 0. The molecule has 114 valence electrons. The highest BCUT2D eigenvalue weighted by atomic mass is 16.2. The van der Waals surface area contributed by atoms with Crippen molar-refractivity contribution in [2.75, 3.05) is 13.1 Å². The molecule has 3 atom stereocenters. The molecule has 3 fully saturated rings. The van der Waals surface area contributed by atoms with E-state index in [1.54, 1.807) is 0 Å². The summed E-state index contributed by atoms with van der Waals surface area (Å²) in [4.78, 5) is 14.9. The molecule has 3 heterocycles. The Balaban J connectivity index is 1.50. The van der Waals surface area contributed by atoms with Crippen molar-refractivity contribution in [2.24, 2.45) is 0 Å². The lowest BCUT2D eigenvalue weighted by molar-refractivity contribution is -0.126. The number of amides is 1. The second kappa shape index (κ2) is 6.44. The fourth-order valence-corrected chi connectivity index (χ4v) is 4.15. The molecular weight excluding hydrogens is 250 g/mol. The number of nitrogens with zero attached hydrogens (tertiary/aromatic N) is 1. The highest BCUT2D eigenvalue weighted by Crippen LogP contribution is 2.26. The smallest absolute Gasteiger partial charge is 0.237 e. The Hall–Kier alpha value is -0.610. The van der Waals surface area contributed by atoms with Crippen LogP contribution in [0.15, 0.2) is 0 Å². The number of nitrogens with one attached hydrogen (secondary N) is 2. The molecule has 3 rings (SSSR count). The van der Waals surface area contributed by atoms with Crippen LogP contribution in [0.5, 0.6) is 0 Å². The van der Waals surface area contributed by atoms with Gasteiger partial charge in [-0.25, -0.2) is 0 Å². The van der Waals surface area contributed by atoms with Gasteiger partial charge in [0, 0.05) is 18.1 Å². The molecule has 3 aliphatic rings. The SMILES string of the molecule is CC(C(=O)NC1CC2CCC(C1)N2)N1CCCCCC1. The Bertz CT molecular complexity index is 327. The van der Waals surface area contributed by atoms with Crippen LogP contribution >= 0.6 is 0 Å². The van der Waals surface area contributed by atoms with Crippen LogP contribution in [0.2, 0.25) is 0 Å². The molecule has 0 aromatic heterocycles. The van der Waals surface area contributed by atoms with Gasteiger partial charge in [-0.1, -0.05) is 12.8 Å². The molecule has 0 aromatic rings. The molecule has 2 N–H and O–H groups in total. The minimum atomic E-state index is 0.0423. The summed E-state index contributed by atoms with van der Waals surface area (Å²) in [7, 11) is 0. The zero-order chi connectivity index (χ0) is 13.9. The Morgan fingerprint density at radius 2 is 1.70 bits per heavy atom. The van der Waals surface area contributed by atoms with Crippen LogP contribution < -0.4 is 10.6 Å². The van der Waals surface area contributed by atoms with Gasteiger partial charge < -0.3 is 10.6 Å². The molecule has 20 heavy (non-hydrogen) atoms. The van der Waals surface area contributed by atoms with Crippen molar-refractivity contribution in [3.8, 4) is 0 Å². The normalized spacial score (nSPS) is 36.4. The van der Waals surface area contributed by atoms with Gasteiger partial charge in [0.05, 0.1) is 6.04 Å². The highest BCUT2D eigenvalue weighted by molar-refractivity contribution is 5.81. The van der Waals surface area contributed by atoms with E-state index in [4.69, 9.17) is 0 Å². The summed E-state index contributed by atoms with van der Waals surface area (Å²) in [5.41, 5.74) is 0. The van der Waals surface area contributed by atoms with Gasteiger partial charge in [-0.3, -0.25) is 9.69 Å².